The fraction of sp³-hybridized carbons (Fsp3) is 0.267. The Labute approximate surface area is 232 Å². The van der Waals surface area contributed by atoms with Crippen molar-refractivity contribution in [1.82, 2.24) is 4.90 Å². The van der Waals surface area contributed by atoms with Crippen molar-refractivity contribution in [2.24, 2.45) is 0 Å². The highest BCUT2D eigenvalue weighted by Crippen LogP contribution is 2.32. The van der Waals surface area contributed by atoms with Crippen molar-refractivity contribution < 1.29 is 33.4 Å². The van der Waals surface area contributed by atoms with Gasteiger partial charge in [0.2, 0.25) is 5.91 Å². The Morgan fingerprint density at radius 2 is 1.57 bits per heavy atom. The molecule has 3 aromatic rings. The highest BCUT2D eigenvalue weighted by molar-refractivity contribution is 6.22. The minimum Gasteiger partial charge on any atom is -0.493 e. The summed E-state index contributed by atoms with van der Waals surface area (Å²) >= 11 is 0. The molecule has 0 spiro atoms. The number of hydrogen-bond donors (Lipinski definition) is 1. The highest BCUT2D eigenvalue weighted by Gasteiger charge is 2.46. The van der Waals surface area contributed by atoms with E-state index in [1.165, 1.54) is 19.1 Å². The van der Waals surface area contributed by atoms with Crippen LogP contribution in [0.4, 0.5) is 16.2 Å². The summed E-state index contributed by atoms with van der Waals surface area (Å²) in [6, 6.07) is 16.9. The van der Waals surface area contributed by atoms with Crippen molar-refractivity contribution in [3.8, 4) is 11.5 Å². The van der Waals surface area contributed by atoms with Gasteiger partial charge in [-0.3, -0.25) is 9.59 Å². The maximum Gasteiger partial charge on any atom is 0.338 e. The van der Waals surface area contributed by atoms with Crippen LogP contribution in [-0.2, 0) is 20.9 Å². The van der Waals surface area contributed by atoms with Crippen molar-refractivity contribution in [1.29, 1.82) is 0 Å². The molecular weight excluding hydrogens is 514 g/mol. The summed E-state index contributed by atoms with van der Waals surface area (Å²) in [5.74, 6) is -0.409. The standard InChI is InChI=1S/C30H31N3O7/c1-5-40-29(36)21-9-11-22(12-10-21)31-27(34)17-24-28(35)33(23-13-6-19(2)7-14-23)30(37)32(24)18-20-8-15-25(38-3)26(16-20)39-4/h6-16,24H,5,17-18H2,1-4H3,(H,31,34)/t24-/m0/s1. The number of benzene rings is 3. The average Bonchev–Trinajstić information content (AvgIpc) is 3.17. The first-order valence-electron chi connectivity index (χ1n) is 12.7. The van der Waals surface area contributed by atoms with Gasteiger partial charge in [-0.25, -0.2) is 14.5 Å². The van der Waals surface area contributed by atoms with Crippen LogP contribution in [0.1, 0.15) is 34.8 Å². The number of urea groups is 1. The third-order valence-corrected chi connectivity index (χ3v) is 6.47. The van der Waals surface area contributed by atoms with Crippen LogP contribution in [0.15, 0.2) is 66.7 Å². The molecule has 1 saturated heterocycles. The molecule has 1 aliphatic rings. The van der Waals surface area contributed by atoms with Gasteiger partial charge in [0.1, 0.15) is 6.04 Å². The van der Waals surface area contributed by atoms with Gasteiger partial charge >= 0.3 is 12.0 Å². The number of amides is 4. The van der Waals surface area contributed by atoms with Gasteiger partial charge in [-0.2, -0.15) is 0 Å². The number of imide groups is 1. The van der Waals surface area contributed by atoms with Crippen molar-refractivity contribution in [3.05, 3.63) is 83.4 Å². The lowest BCUT2D eigenvalue weighted by Gasteiger charge is -2.22. The lowest BCUT2D eigenvalue weighted by molar-refractivity contribution is -0.124. The first kappa shape index (κ1) is 28.2. The number of ether oxygens (including phenoxy) is 3. The molecule has 1 fully saturated rings. The molecule has 1 heterocycles. The summed E-state index contributed by atoms with van der Waals surface area (Å²) in [5.41, 5.74) is 2.90. The topological polar surface area (TPSA) is 114 Å². The van der Waals surface area contributed by atoms with Gasteiger partial charge < -0.3 is 24.4 Å². The predicted molar refractivity (Wildman–Crippen MR) is 149 cm³/mol. The normalized spacial score (nSPS) is 14.8. The SMILES string of the molecule is CCOC(=O)c1ccc(NC(=O)C[C@H]2C(=O)N(c3ccc(C)cc3)C(=O)N2Cc2ccc(OC)c(OC)c2)cc1. The van der Waals surface area contributed by atoms with E-state index in [9.17, 15) is 19.2 Å². The quantitative estimate of drug-likeness (QED) is 0.294. The zero-order chi connectivity index (χ0) is 28.8. The zero-order valence-corrected chi connectivity index (χ0v) is 22.8. The van der Waals surface area contributed by atoms with E-state index in [1.807, 2.05) is 19.1 Å². The van der Waals surface area contributed by atoms with Crippen molar-refractivity contribution in [3.63, 3.8) is 0 Å². The molecule has 10 nitrogen and oxygen atoms in total. The fourth-order valence-corrected chi connectivity index (χ4v) is 4.41. The van der Waals surface area contributed by atoms with Crippen LogP contribution in [0.3, 0.4) is 0 Å². The maximum absolute atomic E-state index is 13.6. The molecule has 10 heteroatoms. The molecule has 4 amide bonds. The van der Waals surface area contributed by atoms with Gasteiger partial charge in [0.15, 0.2) is 11.5 Å². The number of carbonyl (C=O) groups excluding carboxylic acids is 4. The number of esters is 1. The number of aryl methyl sites for hydroxylation is 1. The third kappa shape index (κ3) is 6.06. The lowest BCUT2D eigenvalue weighted by Crippen LogP contribution is -2.37. The molecule has 3 aromatic carbocycles. The third-order valence-electron chi connectivity index (χ3n) is 6.47. The lowest BCUT2D eigenvalue weighted by atomic mass is 10.1. The van der Waals surface area contributed by atoms with Gasteiger partial charge in [0.05, 0.1) is 38.5 Å². The average molecular weight is 546 g/mol. The second-order valence-electron chi connectivity index (χ2n) is 9.17. The number of methoxy groups -OCH3 is 2. The first-order valence-corrected chi connectivity index (χ1v) is 12.7. The molecule has 0 aromatic heterocycles. The number of nitrogens with zero attached hydrogens (tertiary/aromatic N) is 2. The van der Waals surface area contributed by atoms with Gasteiger partial charge in [-0.15, -0.1) is 0 Å². The largest absolute Gasteiger partial charge is 0.493 e. The zero-order valence-electron chi connectivity index (χ0n) is 22.8. The van der Waals surface area contributed by atoms with Gasteiger partial charge in [0.25, 0.3) is 5.91 Å². The van der Waals surface area contributed by atoms with E-state index < -0.39 is 29.9 Å². The number of rotatable bonds is 10. The smallest absolute Gasteiger partial charge is 0.338 e. The van der Waals surface area contributed by atoms with E-state index in [2.05, 4.69) is 5.32 Å². The Hall–Kier alpha value is -4.86. The van der Waals surface area contributed by atoms with E-state index >= 15 is 0 Å². The second-order valence-corrected chi connectivity index (χ2v) is 9.17. The number of carbonyl (C=O) groups is 4. The Kier molecular flexibility index (Phi) is 8.68. The summed E-state index contributed by atoms with van der Waals surface area (Å²) in [6.07, 6.45) is -0.264. The van der Waals surface area contributed by atoms with Crippen LogP contribution in [0.25, 0.3) is 0 Å². The van der Waals surface area contributed by atoms with Gasteiger partial charge in [-0.05, 0) is 67.9 Å². The minimum absolute atomic E-state index is 0.0689. The predicted octanol–water partition coefficient (Wildman–Crippen LogP) is 4.56. The molecule has 40 heavy (non-hydrogen) atoms. The molecule has 1 N–H and O–H groups in total. The van der Waals surface area contributed by atoms with Crippen LogP contribution < -0.4 is 19.7 Å². The Morgan fingerprint density at radius 3 is 2.20 bits per heavy atom. The fourth-order valence-electron chi connectivity index (χ4n) is 4.41. The number of hydrogen-bond acceptors (Lipinski definition) is 7. The summed E-state index contributed by atoms with van der Waals surface area (Å²) in [6.45, 7) is 3.95. The van der Waals surface area contributed by atoms with Crippen molar-refractivity contribution >= 4 is 35.2 Å². The molecule has 0 bridgehead atoms. The summed E-state index contributed by atoms with van der Waals surface area (Å²) < 4.78 is 15.7. The van der Waals surface area contributed by atoms with Crippen LogP contribution in [0.5, 0.6) is 11.5 Å². The molecule has 0 aliphatic carbocycles. The Balaban J connectivity index is 1.57. The van der Waals surface area contributed by atoms with Crippen LogP contribution in [-0.4, -0.2) is 55.6 Å². The Bertz CT molecular complexity index is 1400. The van der Waals surface area contributed by atoms with E-state index in [0.717, 1.165) is 10.5 Å². The summed E-state index contributed by atoms with van der Waals surface area (Å²) in [7, 11) is 3.04. The maximum atomic E-state index is 13.6. The number of anilines is 2. The monoisotopic (exact) mass is 545 g/mol. The van der Waals surface area contributed by atoms with Crippen LogP contribution in [0.2, 0.25) is 0 Å². The van der Waals surface area contributed by atoms with Crippen molar-refractivity contribution in [2.75, 3.05) is 31.0 Å². The minimum atomic E-state index is -1.04. The molecule has 208 valence electrons. The summed E-state index contributed by atoms with van der Waals surface area (Å²) in [5, 5.41) is 2.75. The molecular formula is C30H31N3O7. The molecule has 0 unspecified atom stereocenters. The van der Waals surface area contributed by atoms with Gasteiger partial charge in [-0.1, -0.05) is 23.8 Å². The Morgan fingerprint density at radius 1 is 0.900 bits per heavy atom. The molecule has 0 saturated carbocycles. The van der Waals surface area contributed by atoms with Gasteiger partial charge in [0, 0.05) is 12.2 Å². The summed E-state index contributed by atoms with van der Waals surface area (Å²) in [4.78, 5) is 54.6. The van der Waals surface area contributed by atoms with Crippen LogP contribution >= 0.6 is 0 Å². The molecule has 1 aliphatic heterocycles. The van der Waals surface area contributed by atoms with E-state index in [1.54, 1.807) is 61.5 Å². The van der Waals surface area contributed by atoms with Crippen molar-refractivity contribution in [2.45, 2.75) is 32.9 Å². The van der Waals surface area contributed by atoms with E-state index in [4.69, 9.17) is 14.2 Å². The first-order chi connectivity index (χ1) is 19.2. The van der Waals surface area contributed by atoms with E-state index in [0.29, 0.717) is 34.0 Å². The van der Waals surface area contributed by atoms with Crippen LogP contribution in [0, 0.1) is 6.92 Å². The molecule has 1 atom stereocenters. The highest BCUT2D eigenvalue weighted by atomic mass is 16.5. The molecule has 0 radical (unpaired) electrons. The number of nitrogens with one attached hydrogen (secondary N) is 1. The second kappa shape index (κ2) is 12.3. The molecule has 4 rings (SSSR count). The van der Waals surface area contributed by atoms with E-state index in [-0.39, 0.29) is 19.6 Å².